The molecule has 0 atom stereocenters. The summed E-state index contributed by atoms with van der Waals surface area (Å²) < 4.78 is 10.8. The first-order chi connectivity index (χ1) is 13.0. The number of nitriles is 1. The Morgan fingerprint density at radius 1 is 1.15 bits per heavy atom. The smallest absolute Gasteiger partial charge is 0.341 e. The van der Waals surface area contributed by atoms with E-state index >= 15 is 0 Å². The molecule has 0 radical (unpaired) electrons. The topological polar surface area (TPSA) is 109 Å². The monoisotopic (exact) mass is 366 g/mol. The maximum absolute atomic E-state index is 12.4. The lowest BCUT2D eigenvalue weighted by molar-refractivity contribution is -0.139. The Hall–Kier alpha value is -3.79. The summed E-state index contributed by atoms with van der Waals surface area (Å²) in [5, 5.41) is 20.9. The molecule has 0 aromatic heterocycles. The number of nitrogens with one attached hydrogen (secondary N) is 1. The van der Waals surface area contributed by atoms with Crippen molar-refractivity contribution in [3.05, 3.63) is 59.7 Å². The average molecular weight is 366 g/mol. The van der Waals surface area contributed by atoms with E-state index in [2.05, 4.69) is 5.32 Å². The van der Waals surface area contributed by atoms with Crippen molar-refractivity contribution >= 4 is 23.6 Å². The summed E-state index contributed by atoms with van der Waals surface area (Å²) in [4.78, 5) is 23.2. The van der Waals surface area contributed by atoms with Crippen molar-refractivity contribution in [2.24, 2.45) is 0 Å². The number of nitrogens with zero attached hydrogens (tertiary/aromatic N) is 1. The number of carbonyl (C=O) groups excluding carboxylic acids is 1. The number of carbonyl (C=O) groups is 2. The van der Waals surface area contributed by atoms with Gasteiger partial charge in [-0.15, -0.1) is 0 Å². The number of carboxylic acid groups (broad SMARTS) is 1. The Morgan fingerprint density at radius 3 is 2.52 bits per heavy atom. The van der Waals surface area contributed by atoms with Gasteiger partial charge in [-0.25, -0.2) is 4.79 Å². The van der Waals surface area contributed by atoms with E-state index in [-0.39, 0.29) is 11.3 Å². The van der Waals surface area contributed by atoms with Gasteiger partial charge in [-0.2, -0.15) is 5.26 Å². The van der Waals surface area contributed by atoms with E-state index in [1.165, 1.54) is 6.08 Å². The van der Waals surface area contributed by atoms with Crippen LogP contribution < -0.4 is 14.8 Å². The highest BCUT2D eigenvalue weighted by molar-refractivity contribution is 6.09. The molecule has 0 aliphatic heterocycles. The Labute approximate surface area is 156 Å². The Morgan fingerprint density at radius 2 is 1.89 bits per heavy atom. The molecule has 2 rings (SSSR count). The first-order valence-corrected chi connectivity index (χ1v) is 8.13. The van der Waals surface area contributed by atoms with Crippen molar-refractivity contribution in [3.8, 4) is 17.6 Å². The quantitative estimate of drug-likeness (QED) is 0.549. The maximum Gasteiger partial charge on any atom is 0.341 e. The lowest BCUT2D eigenvalue weighted by atomic mass is 10.1. The van der Waals surface area contributed by atoms with Gasteiger partial charge >= 0.3 is 5.97 Å². The molecule has 7 nitrogen and oxygen atoms in total. The normalized spacial score (nSPS) is 10.6. The molecule has 0 aliphatic carbocycles. The van der Waals surface area contributed by atoms with Crippen LogP contribution in [0.5, 0.6) is 11.5 Å². The number of hydrogen-bond donors (Lipinski definition) is 2. The molecule has 0 aliphatic rings. The Bertz CT molecular complexity index is 885. The number of carboxylic acids is 1. The third-order valence-corrected chi connectivity index (χ3v) is 3.35. The van der Waals surface area contributed by atoms with Crippen LogP contribution >= 0.6 is 0 Å². The molecule has 138 valence electrons. The van der Waals surface area contributed by atoms with E-state index in [0.29, 0.717) is 23.6 Å². The Kier molecular flexibility index (Phi) is 6.97. The summed E-state index contributed by atoms with van der Waals surface area (Å²) in [7, 11) is 0. The summed E-state index contributed by atoms with van der Waals surface area (Å²) in [6, 6.07) is 15.5. The second-order valence-corrected chi connectivity index (χ2v) is 5.28. The largest absolute Gasteiger partial charge is 0.490 e. The van der Waals surface area contributed by atoms with Crippen molar-refractivity contribution < 1.29 is 24.2 Å². The molecule has 0 saturated carbocycles. The van der Waals surface area contributed by atoms with Crippen LogP contribution in [0.2, 0.25) is 0 Å². The maximum atomic E-state index is 12.4. The van der Waals surface area contributed by atoms with E-state index in [4.69, 9.17) is 14.6 Å². The summed E-state index contributed by atoms with van der Waals surface area (Å²) in [5.41, 5.74) is 0.753. The fraction of sp³-hybridized carbons (Fsp3) is 0.150. The predicted molar refractivity (Wildman–Crippen MR) is 99.4 cm³/mol. The molecule has 0 saturated heterocycles. The van der Waals surface area contributed by atoms with Gasteiger partial charge in [-0.05, 0) is 31.2 Å². The van der Waals surface area contributed by atoms with Gasteiger partial charge in [0.05, 0.1) is 6.61 Å². The molecule has 0 unspecified atom stereocenters. The number of ether oxygens (including phenoxy) is 2. The molecule has 0 bridgehead atoms. The van der Waals surface area contributed by atoms with Crippen LogP contribution in [0.4, 0.5) is 5.69 Å². The van der Waals surface area contributed by atoms with Crippen LogP contribution in [0, 0.1) is 11.3 Å². The summed E-state index contributed by atoms with van der Waals surface area (Å²) in [5.74, 6) is -1.26. The number of aliphatic carboxylic acids is 1. The molecule has 0 heterocycles. The van der Waals surface area contributed by atoms with Crippen LogP contribution in [0.25, 0.3) is 6.08 Å². The summed E-state index contributed by atoms with van der Waals surface area (Å²) >= 11 is 0. The molecule has 2 aromatic carbocycles. The van der Waals surface area contributed by atoms with E-state index < -0.39 is 18.5 Å². The van der Waals surface area contributed by atoms with Gasteiger partial charge in [0.1, 0.15) is 11.6 Å². The molecule has 2 N–H and O–H groups in total. The minimum absolute atomic E-state index is 0.155. The zero-order valence-electron chi connectivity index (χ0n) is 14.6. The molecule has 1 amide bonds. The van der Waals surface area contributed by atoms with Gasteiger partial charge in [0.2, 0.25) is 0 Å². The summed E-state index contributed by atoms with van der Waals surface area (Å²) in [6.07, 6.45) is 1.33. The molecule has 0 spiro atoms. The van der Waals surface area contributed by atoms with E-state index in [0.717, 1.165) is 0 Å². The van der Waals surface area contributed by atoms with Crippen molar-refractivity contribution in [3.63, 3.8) is 0 Å². The van der Waals surface area contributed by atoms with Gasteiger partial charge < -0.3 is 19.9 Å². The van der Waals surface area contributed by atoms with E-state index in [9.17, 15) is 14.9 Å². The van der Waals surface area contributed by atoms with Crippen LogP contribution in [-0.4, -0.2) is 30.2 Å². The minimum atomic E-state index is -1.15. The zero-order valence-corrected chi connectivity index (χ0v) is 14.6. The molecular weight excluding hydrogens is 348 g/mol. The third kappa shape index (κ3) is 5.61. The lowest BCUT2D eigenvalue weighted by Crippen LogP contribution is -2.14. The number of amides is 1. The van der Waals surface area contributed by atoms with Gasteiger partial charge in [0.15, 0.2) is 18.1 Å². The van der Waals surface area contributed by atoms with E-state index in [1.54, 1.807) is 49.4 Å². The fourth-order valence-electron chi connectivity index (χ4n) is 2.23. The van der Waals surface area contributed by atoms with Crippen LogP contribution in [0.15, 0.2) is 54.1 Å². The van der Waals surface area contributed by atoms with Crippen LogP contribution in [0.1, 0.15) is 12.5 Å². The van der Waals surface area contributed by atoms with Crippen molar-refractivity contribution in [1.82, 2.24) is 0 Å². The number of hydrogen-bond acceptors (Lipinski definition) is 5. The average Bonchev–Trinajstić information content (AvgIpc) is 2.66. The Balaban J connectivity index is 2.35. The van der Waals surface area contributed by atoms with Crippen LogP contribution in [0.3, 0.4) is 0 Å². The molecule has 7 heteroatoms. The first kappa shape index (κ1) is 19.5. The SMILES string of the molecule is CCOc1cccc(/C=C(/C#N)C(=O)Nc2ccccc2)c1OCC(=O)O. The second kappa shape index (κ2) is 9.63. The molecule has 2 aromatic rings. The predicted octanol–water partition coefficient (Wildman–Crippen LogP) is 3.09. The van der Waals surface area contributed by atoms with Gasteiger partial charge in [0.25, 0.3) is 5.91 Å². The lowest BCUT2D eigenvalue weighted by Gasteiger charge is -2.13. The highest BCUT2D eigenvalue weighted by atomic mass is 16.5. The number of para-hydroxylation sites is 2. The summed E-state index contributed by atoms with van der Waals surface area (Å²) in [6.45, 7) is 1.54. The van der Waals surface area contributed by atoms with Crippen LogP contribution in [-0.2, 0) is 9.59 Å². The highest BCUT2D eigenvalue weighted by Gasteiger charge is 2.15. The molecular formula is C20H18N2O5. The van der Waals surface area contributed by atoms with Crippen molar-refractivity contribution in [1.29, 1.82) is 5.26 Å². The fourth-order valence-corrected chi connectivity index (χ4v) is 2.23. The number of rotatable bonds is 8. The van der Waals surface area contributed by atoms with Gasteiger partial charge in [-0.1, -0.05) is 30.3 Å². The number of anilines is 1. The minimum Gasteiger partial charge on any atom is -0.490 e. The van der Waals surface area contributed by atoms with Crippen molar-refractivity contribution in [2.45, 2.75) is 6.92 Å². The zero-order chi connectivity index (χ0) is 19.6. The van der Waals surface area contributed by atoms with Crippen molar-refractivity contribution in [2.75, 3.05) is 18.5 Å². The van der Waals surface area contributed by atoms with E-state index in [1.807, 2.05) is 12.1 Å². The standard InChI is InChI=1S/C20H18N2O5/c1-2-26-17-10-6-7-14(19(17)27-13-18(23)24)11-15(12-21)20(25)22-16-8-4-3-5-9-16/h3-11H,2,13H2,1H3,(H,22,25)(H,23,24)/b15-11-. The van der Waals surface area contributed by atoms with Gasteiger partial charge in [0, 0.05) is 11.3 Å². The second-order valence-electron chi connectivity index (χ2n) is 5.28. The third-order valence-electron chi connectivity index (χ3n) is 3.35. The molecule has 27 heavy (non-hydrogen) atoms. The first-order valence-electron chi connectivity index (χ1n) is 8.13. The number of benzene rings is 2. The molecule has 0 fully saturated rings. The van der Waals surface area contributed by atoms with Gasteiger partial charge in [-0.3, -0.25) is 4.79 Å². The highest BCUT2D eigenvalue weighted by Crippen LogP contribution is 2.33.